The molecular formula is C31H31NO14S2. The van der Waals surface area contributed by atoms with Crippen molar-refractivity contribution in [2.45, 2.75) is 61.5 Å². The SMILES string of the molecule is [C-]#[N+]/C(C(=O)OC)=C1/Sc2c(OC(=O)CCC(=O)OCC(C)OC(=O)C=C)ccc(OC(=O)CCC(=O)OC(C)COC(=O)C=C)c2S1. The van der Waals surface area contributed by atoms with Crippen LogP contribution >= 0.6 is 23.5 Å². The van der Waals surface area contributed by atoms with E-state index in [2.05, 4.69) is 22.7 Å². The molecular weight excluding hydrogens is 674 g/mol. The molecule has 1 aromatic carbocycles. The molecule has 0 spiro atoms. The summed E-state index contributed by atoms with van der Waals surface area (Å²) >= 11 is 1.80. The van der Waals surface area contributed by atoms with E-state index in [1.54, 1.807) is 0 Å². The highest BCUT2D eigenvalue weighted by molar-refractivity contribution is 8.24. The summed E-state index contributed by atoms with van der Waals surface area (Å²) in [6.07, 6.45) is -1.05. The van der Waals surface area contributed by atoms with Crippen LogP contribution < -0.4 is 9.47 Å². The predicted octanol–water partition coefficient (Wildman–Crippen LogP) is 3.84. The molecule has 0 aromatic heterocycles. The lowest BCUT2D eigenvalue weighted by Crippen LogP contribution is -2.22. The Morgan fingerprint density at radius 3 is 1.73 bits per heavy atom. The number of ether oxygens (including phenoxy) is 7. The third-order valence-electron chi connectivity index (χ3n) is 5.55. The minimum atomic E-state index is -0.913. The van der Waals surface area contributed by atoms with Crippen molar-refractivity contribution in [3.63, 3.8) is 0 Å². The van der Waals surface area contributed by atoms with Crippen molar-refractivity contribution in [1.82, 2.24) is 0 Å². The van der Waals surface area contributed by atoms with Crippen LogP contribution in [0.1, 0.15) is 39.5 Å². The summed E-state index contributed by atoms with van der Waals surface area (Å²) in [7, 11) is 1.10. The van der Waals surface area contributed by atoms with Crippen molar-refractivity contribution < 1.29 is 66.7 Å². The van der Waals surface area contributed by atoms with Gasteiger partial charge in [-0.15, -0.1) is 0 Å². The van der Waals surface area contributed by atoms with Crippen molar-refractivity contribution in [2.24, 2.45) is 0 Å². The van der Waals surface area contributed by atoms with E-state index in [1.807, 2.05) is 0 Å². The second-order valence-electron chi connectivity index (χ2n) is 9.38. The van der Waals surface area contributed by atoms with E-state index in [1.165, 1.54) is 26.0 Å². The van der Waals surface area contributed by atoms with E-state index < -0.39 is 54.0 Å². The zero-order valence-corrected chi connectivity index (χ0v) is 27.7. The molecule has 2 atom stereocenters. The fourth-order valence-electron chi connectivity index (χ4n) is 3.35. The molecule has 256 valence electrons. The molecule has 1 aliphatic heterocycles. The van der Waals surface area contributed by atoms with E-state index in [-0.39, 0.29) is 70.1 Å². The van der Waals surface area contributed by atoms with Gasteiger partial charge >= 0.3 is 41.8 Å². The third-order valence-corrected chi connectivity index (χ3v) is 8.16. The summed E-state index contributed by atoms with van der Waals surface area (Å²) in [5.41, 5.74) is -0.357. The number of rotatable bonds is 17. The standard InChI is InChI=1S/C31H31NO14S2/c1-7-21(33)41-15-18(4)44-24(36)13-14-26(38)46-20-10-9-19(28-29(20)48-31(47-28)27(32-5)30(39)40-6)45-25(37)12-11-23(35)42-16-17(3)43-22(34)8-2/h7-10,17-18H,1-2,11-16H2,3-4,6H3/b31-27-. The van der Waals surface area contributed by atoms with E-state index in [0.717, 1.165) is 42.8 Å². The quantitative estimate of drug-likeness (QED) is 0.0747. The molecule has 1 heterocycles. The molecule has 0 bridgehead atoms. The van der Waals surface area contributed by atoms with Gasteiger partial charge in [0.05, 0.1) is 53.4 Å². The summed E-state index contributed by atoms with van der Waals surface area (Å²) in [5.74, 6) is -5.43. The molecule has 0 fully saturated rings. The van der Waals surface area contributed by atoms with Crippen LogP contribution in [0.2, 0.25) is 0 Å². The summed E-state index contributed by atoms with van der Waals surface area (Å²) in [5, 5.41) is 0. The van der Waals surface area contributed by atoms with E-state index >= 15 is 0 Å². The number of methoxy groups -OCH3 is 1. The maximum absolute atomic E-state index is 12.6. The first-order chi connectivity index (χ1) is 22.8. The number of fused-ring (bicyclic) bond motifs is 1. The Balaban J connectivity index is 2.11. The number of esters is 7. The van der Waals surface area contributed by atoms with E-state index in [4.69, 9.17) is 35.0 Å². The summed E-state index contributed by atoms with van der Waals surface area (Å²) in [6, 6.07) is 2.64. The molecule has 0 radical (unpaired) electrons. The predicted molar refractivity (Wildman–Crippen MR) is 167 cm³/mol. The highest BCUT2D eigenvalue weighted by atomic mass is 32.2. The lowest BCUT2D eigenvalue weighted by atomic mass is 10.3. The second-order valence-corrected chi connectivity index (χ2v) is 11.7. The number of thioether (sulfide) groups is 2. The van der Waals surface area contributed by atoms with Crippen LogP contribution in [0.3, 0.4) is 0 Å². The average Bonchev–Trinajstić information content (AvgIpc) is 3.51. The molecule has 48 heavy (non-hydrogen) atoms. The fourth-order valence-corrected chi connectivity index (χ4v) is 5.89. The molecule has 2 rings (SSSR count). The lowest BCUT2D eigenvalue weighted by Gasteiger charge is -2.14. The zero-order valence-electron chi connectivity index (χ0n) is 26.1. The van der Waals surface area contributed by atoms with Crippen LogP contribution in [-0.4, -0.2) is 74.3 Å². The molecule has 1 aromatic rings. The van der Waals surface area contributed by atoms with Crippen LogP contribution in [0, 0.1) is 6.57 Å². The van der Waals surface area contributed by atoms with Gasteiger partial charge in [-0.25, -0.2) is 14.4 Å². The zero-order chi connectivity index (χ0) is 35.8. The number of hydrogen-bond donors (Lipinski definition) is 0. The van der Waals surface area contributed by atoms with Gasteiger partial charge in [0.1, 0.15) is 36.9 Å². The van der Waals surface area contributed by atoms with Gasteiger partial charge in [0.15, 0.2) is 0 Å². The van der Waals surface area contributed by atoms with Gasteiger partial charge in [0.2, 0.25) is 0 Å². The van der Waals surface area contributed by atoms with Gasteiger partial charge in [-0.05, 0) is 26.0 Å². The van der Waals surface area contributed by atoms with Crippen LogP contribution in [0.5, 0.6) is 11.5 Å². The molecule has 0 aliphatic carbocycles. The topological polar surface area (TPSA) is 188 Å². The van der Waals surface area contributed by atoms with Gasteiger partial charge in [-0.2, -0.15) is 0 Å². The minimum absolute atomic E-state index is 0.00968. The normalized spacial score (nSPS) is 13.6. The van der Waals surface area contributed by atoms with Crippen molar-refractivity contribution in [3.8, 4) is 11.5 Å². The first kappa shape index (κ1) is 39.1. The van der Waals surface area contributed by atoms with Crippen LogP contribution in [0.15, 0.2) is 57.2 Å². The smallest absolute Gasteiger partial charge is 0.337 e. The summed E-state index contributed by atoms with van der Waals surface area (Å²) in [6.45, 7) is 16.5. The Bertz CT molecular complexity index is 1540. The maximum atomic E-state index is 12.6. The molecule has 0 amide bonds. The monoisotopic (exact) mass is 705 g/mol. The Hall–Kier alpha value is -5.08. The van der Waals surface area contributed by atoms with Gasteiger partial charge in [-0.1, -0.05) is 36.7 Å². The molecule has 1 aliphatic rings. The van der Waals surface area contributed by atoms with Crippen LogP contribution in [-0.2, 0) is 57.2 Å². The molecule has 0 saturated heterocycles. The van der Waals surface area contributed by atoms with Gasteiger partial charge in [0.25, 0.3) is 5.70 Å². The Labute approximate surface area is 283 Å². The first-order valence-corrected chi connectivity index (χ1v) is 15.6. The molecule has 0 N–H and O–H groups in total. The molecule has 0 saturated carbocycles. The Morgan fingerprint density at radius 2 is 1.23 bits per heavy atom. The van der Waals surface area contributed by atoms with E-state index in [9.17, 15) is 33.6 Å². The lowest BCUT2D eigenvalue weighted by molar-refractivity contribution is -0.156. The second kappa shape index (κ2) is 19.6. The Morgan fingerprint density at radius 1 is 0.750 bits per heavy atom. The summed E-state index contributed by atoms with van der Waals surface area (Å²) < 4.78 is 35.5. The first-order valence-electron chi connectivity index (χ1n) is 13.9. The number of hydrogen-bond acceptors (Lipinski definition) is 16. The van der Waals surface area contributed by atoms with Gasteiger partial charge in [0, 0.05) is 12.2 Å². The number of carbonyl (C=O) groups excluding carboxylic acids is 7. The molecule has 2 unspecified atom stereocenters. The van der Waals surface area contributed by atoms with Crippen molar-refractivity contribution in [1.29, 1.82) is 0 Å². The van der Waals surface area contributed by atoms with Crippen molar-refractivity contribution >= 4 is 65.3 Å². The number of nitrogens with zero attached hydrogens (tertiary/aromatic N) is 1. The highest BCUT2D eigenvalue weighted by Crippen LogP contribution is 2.59. The van der Waals surface area contributed by atoms with Crippen LogP contribution in [0.25, 0.3) is 4.85 Å². The minimum Gasteiger partial charge on any atom is -0.474 e. The fraction of sp³-hybridized carbons (Fsp3) is 0.355. The van der Waals surface area contributed by atoms with Crippen molar-refractivity contribution in [3.05, 3.63) is 58.8 Å². The van der Waals surface area contributed by atoms with Crippen LogP contribution in [0.4, 0.5) is 0 Å². The van der Waals surface area contributed by atoms with Gasteiger partial charge in [-0.3, -0.25) is 24.0 Å². The number of benzene rings is 1. The highest BCUT2D eigenvalue weighted by Gasteiger charge is 2.32. The van der Waals surface area contributed by atoms with Gasteiger partial charge < -0.3 is 33.2 Å². The van der Waals surface area contributed by atoms with E-state index in [0.29, 0.717) is 0 Å². The molecule has 17 heteroatoms. The Kier molecular flexibility index (Phi) is 15.9. The average molecular weight is 706 g/mol. The summed E-state index contributed by atoms with van der Waals surface area (Å²) in [4.78, 5) is 87.8. The number of carbonyl (C=O) groups is 7. The largest absolute Gasteiger partial charge is 0.474 e. The third kappa shape index (κ3) is 12.6. The maximum Gasteiger partial charge on any atom is 0.337 e. The van der Waals surface area contributed by atoms with Crippen molar-refractivity contribution in [2.75, 3.05) is 20.3 Å². The molecule has 15 nitrogen and oxygen atoms in total.